The number of aliphatic hydroxyl groups excluding tert-OH is 3. The predicted octanol–water partition coefficient (Wildman–Crippen LogP) is 7.03. The topological polar surface area (TPSA) is 169 Å². The molecule has 250 valence electrons. The van der Waals surface area contributed by atoms with E-state index in [4.69, 9.17) is 24.4 Å². The molecule has 0 atom stereocenters. The summed E-state index contributed by atoms with van der Waals surface area (Å²) in [4.78, 5) is 21.6. The number of rotatable bonds is 24. The van der Waals surface area contributed by atoms with Gasteiger partial charge in [0, 0.05) is 19.8 Å². The monoisotopic (exact) mass is 670 g/mol. The average Bonchev–Trinajstić information content (AvgIpc) is 2.89. The Morgan fingerprint density at radius 3 is 0.976 bits per heavy atom. The number of phosphoric acid groups is 2. The maximum Gasteiger partial charge on any atom is 2.00 e. The molecule has 0 fully saturated rings. The Hall–Kier alpha value is 0.854. The summed E-state index contributed by atoms with van der Waals surface area (Å²) < 4.78 is 37.1. The van der Waals surface area contributed by atoms with Crippen LogP contribution in [0, 0.1) is 0 Å². The van der Waals surface area contributed by atoms with Gasteiger partial charge in [-0.05, 0) is 32.1 Å². The fourth-order valence-electron chi connectivity index (χ4n) is 2.80. The minimum atomic E-state index is -5.44. The standard InChI is InChI=1S/C16H36O7P2.3C4H10O.Ti/c1-3-5-7-9-11-13-15-21-25(20,23-24(17,18)19)22-16-14-12-10-8-6-4-2;3*1-2-3-4-5;/h3-16H2,1-2H3,(H2,17,18,19);3*5H,2-4H2,1H3;/q;;;;+2/p-2. The molecule has 0 saturated heterocycles. The molecule has 0 aromatic carbocycles. The molecule has 0 radical (unpaired) electrons. The van der Waals surface area contributed by atoms with Crippen molar-refractivity contribution in [1.82, 2.24) is 0 Å². The van der Waals surface area contributed by atoms with Crippen LogP contribution in [0.4, 0.5) is 0 Å². The van der Waals surface area contributed by atoms with Gasteiger partial charge in [0.1, 0.15) is 0 Å². The molecule has 0 unspecified atom stereocenters. The summed E-state index contributed by atoms with van der Waals surface area (Å²) in [5, 5.41) is 24.2. The number of unbranched alkanes of at least 4 members (excludes halogenated alkanes) is 13. The Labute approximate surface area is 267 Å². The molecule has 0 aromatic rings. The molecule has 0 amide bonds. The maximum atomic E-state index is 12.3. The van der Waals surface area contributed by atoms with Gasteiger partial charge in [0.25, 0.3) is 0 Å². The van der Waals surface area contributed by atoms with E-state index in [0.717, 1.165) is 89.9 Å². The zero-order chi connectivity index (χ0) is 31.4. The summed E-state index contributed by atoms with van der Waals surface area (Å²) in [7, 11) is -9.79. The molecular formula is C28H64O10P2Ti. The van der Waals surface area contributed by atoms with Crippen molar-refractivity contribution in [2.45, 2.75) is 150 Å². The molecule has 0 bridgehead atoms. The van der Waals surface area contributed by atoms with E-state index in [1.165, 1.54) is 12.8 Å². The van der Waals surface area contributed by atoms with Crippen molar-refractivity contribution in [3.05, 3.63) is 0 Å². The van der Waals surface area contributed by atoms with Crippen LogP contribution in [-0.4, -0.2) is 48.4 Å². The van der Waals surface area contributed by atoms with Gasteiger partial charge < -0.3 is 29.7 Å². The third-order valence-electron chi connectivity index (χ3n) is 5.23. The second kappa shape index (κ2) is 43.0. The van der Waals surface area contributed by atoms with Crippen LogP contribution in [0.15, 0.2) is 0 Å². The van der Waals surface area contributed by atoms with E-state index in [9.17, 15) is 18.9 Å². The molecule has 10 nitrogen and oxygen atoms in total. The van der Waals surface area contributed by atoms with Crippen molar-refractivity contribution in [2.24, 2.45) is 0 Å². The minimum absolute atomic E-state index is 0. The van der Waals surface area contributed by atoms with Gasteiger partial charge in [-0.25, -0.2) is 4.57 Å². The fraction of sp³-hybridized carbons (Fsp3) is 1.00. The summed E-state index contributed by atoms with van der Waals surface area (Å²) in [6, 6.07) is 0. The molecule has 0 aliphatic carbocycles. The molecule has 41 heavy (non-hydrogen) atoms. The Morgan fingerprint density at radius 1 is 0.488 bits per heavy atom. The average molecular weight is 671 g/mol. The van der Waals surface area contributed by atoms with Gasteiger partial charge >= 0.3 is 29.5 Å². The summed E-state index contributed by atoms with van der Waals surface area (Å²) >= 11 is 0. The normalized spacial score (nSPS) is 10.8. The Kier molecular flexibility index (Phi) is 53.9. The van der Waals surface area contributed by atoms with Crippen LogP contribution in [0.5, 0.6) is 0 Å². The van der Waals surface area contributed by atoms with Crippen molar-refractivity contribution in [3.8, 4) is 0 Å². The van der Waals surface area contributed by atoms with Crippen LogP contribution >= 0.6 is 15.6 Å². The van der Waals surface area contributed by atoms with Gasteiger partial charge in [0.05, 0.1) is 21.0 Å². The molecule has 0 aliphatic heterocycles. The third kappa shape index (κ3) is 57.1. The maximum absolute atomic E-state index is 12.3. The molecular weight excluding hydrogens is 606 g/mol. The first-order chi connectivity index (χ1) is 19.1. The first-order valence-electron chi connectivity index (χ1n) is 15.5. The molecule has 13 heteroatoms. The van der Waals surface area contributed by atoms with Crippen molar-refractivity contribution < 1.29 is 69.3 Å². The number of hydrogen-bond donors (Lipinski definition) is 3. The SMILES string of the molecule is CCCCCCCCOP(=O)(OCCCCCCCC)OP(=O)([O-])[O-].CCCCO.CCCCO.CCCCO.[Ti+2]. The number of phosphoric ester groups is 1. The molecule has 0 saturated carbocycles. The number of hydrogen-bond acceptors (Lipinski definition) is 10. The smallest absolute Gasteiger partial charge is 0.789 e. The minimum Gasteiger partial charge on any atom is -0.789 e. The summed E-state index contributed by atoms with van der Waals surface area (Å²) in [5.74, 6) is 0. The summed E-state index contributed by atoms with van der Waals surface area (Å²) in [5.41, 5.74) is 0. The van der Waals surface area contributed by atoms with E-state index in [1.54, 1.807) is 0 Å². The molecule has 3 N–H and O–H groups in total. The van der Waals surface area contributed by atoms with E-state index in [2.05, 4.69) is 38.9 Å². The van der Waals surface area contributed by atoms with E-state index in [1.807, 2.05) is 0 Å². The van der Waals surface area contributed by atoms with Crippen LogP contribution in [0.1, 0.15) is 150 Å². The summed E-state index contributed by atoms with van der Waals surface area (Å²) in [6.45, 7) is 11.5. The molecule has 0 spiro atoms. The Bertz CT molecular complexity index is 498. The third-order valence-corrected chi connectivity index (χ3v) is 7.83. The van der Waals surface area contributed by atoms with Crippen LogP contribution in [-0.2, 0) is 44.2 Å². The van der Waals surface area contributed by atoms with E-state index < -0.39 is 15.6 Å². The predicted molar refractivity (Wildman–Crippen MR) is 161 cm³/mol. The first-order valence-corrected chi connectivity index (χ1v) is 18.4. The van der Waals surface area contributed by atoms with Crippen molar-refractivity contribution in [3.63, 3.8) is 0 Å². The van der Waals surface area contributed by atoms with E-state index in [-0.39, 0.29) is 34.9 Å². The van der Waals surface area contributed by atoms with Gasteiger partial charge in [-0.2, -0.15) is 0 Å². The Morgan fingerprint density at radius 2 is 0.756 bits per heavy atom. The second-order valence-corrected chi connectivity index (χ2v) is 12.4. The molecule has 0 aromatic heterocycles. The first kappa shape index (κ1) is 51.4. The van der Waals surface area contributed by atoms with Crippen LogP contribution in [0.3, 0.4) is 0 Å². The number of aliphatic hydroxyl groups is 3. The second-order valence-electron chi connectivity index (χ2n) is 9.41. The van der Waals surface area contributed by atoms with Crippen molar-refractivity contribution in [2.75, 3.05) is 33.0 Å². The van der Waals surface area contributed by atoms with Crippen LogP contribution in [0.2, 0.25) is 0 Å². The largest absolute Gasteiger partial charge is 2.00 e. The quantitative estimate of drug-likeness (QED) is 0.0551. The molecule has 0 heterocycles. The van der Waals surface area contributed by atoms with Gasteiger partial charge in [-0.3, -0.25) is 13.4 Å². The zero-order valence-electron chi connectivity index (χ0n) is 26.9. The zero-order valence-corrected chi connectivity index (χ0v) is 30.2. The summed E-state index contributed by atoms with van der Waals surface area (Å²) in [6.07, 6.45) is 18.0. The van der Waals surface area contributed by atoms with Gasteiger partial charge in [0.15, 0.2) is 0 Å². The van der Waals surface area contributed by atoms with Crippen LogP contribution in [0.25, 0.3) is 0 Å². The van der Waals surface area contributed by atoms with E-state index >= 15 is 0 Å². The van der Waals surface area contributed by atoms with Gasteiger partial charge in [-0.15, -0.1) is 0 Å². The van der Waals surface area contributed by atoms with Gasteiger partial charge in [0.2, 0.25) is 0 Å². The van der Waals surface area contributed by atoms with E-state index in [0.29, 0.717) is 32.7 Å². The Balaban J connectivity index is -0.000000220. The van der Waals surface area contributed by atoms with Gasteiger partial charge in [-0.1, -0.05) is 118 Å². The van der Waals surface area contributed by atoms with Crippen molar-refractivity contribution in [1.29, 1.82) is 0 Å². The van der Waals surface area contributed by atoms with Crippen LogP contribution < -0.4 is 9.79 Å². The molecule has 0 aliphatic rings. The molecule has 0 rings (SSSR count). The van der Waals surface area contributed by atoms with Crippen molar-refractivity contribution >= 4 is 15.6 Å². The fourth-order valence-corrected chi connectivity index (χ4v) is 4.94.